The molecule has 2 aromatic heterocycles. The number of rotatable bonds is 4. The van der Waals surface area contributed by atoms with Crippen molar-refractivity contribution >= 4 is 44.4 Å². The second kappa shape index (κ2) is 7.19. The zero-order valence-corrected chi connectivity index (χ0v) is 16.7. The smallest absolute Gasteiger partial charge is 0.251 e. The Kier molecular flexibility index (Phi) is 4.36. The van der Waals surface area contributed by atoms with Crippen LogP contribution in [0.5, 0.6) is 0 Å². The van der Waals surface area contributed by atoms with Crippen molar-refractivity contribution < 1.29 is 4.79 Å². The van der Waals surface area contributed by atoms with Crippen LogP contribution in [0, 0.1) is 0 Å². The summed E-state index contributed by atoms with van der Waals surface area (Å²) in [6.07, 6.45) is 0. The minimum atomic E-state index is -0.0830. The average Bonchev–Trinajstić information content (AvgIpc) is 3.10. The van der Waals surface area contributed by atoms with Crippen LogP contribution in [-0.2, 0) is 13.1 Å². The molecule has 5 rings (SSSR count). The van der Waals surface area contributed by atoms with Crippen molar-refractivity contribution in [1.82, 2.24) is 14.9 Å². The molecule has 0 spiro atoms. The third-order valence-corrected chi connectivity index (χ3v) is 5.58. The van der Waals surface area contributed by atoms with Crippen molar-refractivity contribution in [3.63, 3.8) is 0 Å². The highest BCUT2D eigenvalue weighted by Crippen LogP contribution is 2.29. The quantitative estimate of drug-likeness (QED) is 0.456. The lowest BCUT2D eigenvalue weighted by Crippen LogP contribution is -2.22. The van der Waals surface area contributed by atoms with E-state index in [9.17, 15) is 4.79 Å². The Labute approximate surface area is 174 Å². The molecule has 3 aromatic carbocycles. The normalized spacial score (nSPS) is 11.4. The maximum absolute atomic E-state index is 12.8. The maximum atomic E-state index is 12.8. The molecule has 0 unspecified atom stereocenters. The standard InChI is InChI=1S/C25H22N4O/c1-2-29-22-6-4-3-5-19(22)20-10-8-18(14-23(20)29)25(30)27-15-16-7-11-21-17(13-16)9-12-24(26)28-21/h3-14H,2,15H2,1H3,(H2,26,28)(H,27,30). The van der Waals surface area contributed by atoms with E-state index in [2.05, 4.69) is 46.1 Å². The number of aryl methyl sites for hydroxylation is 1. The number of carbonyl (C=O) groups excluding carboxylic acids is 1. The number of fused-ring (bicyclic) bond motifs is 4. The molecule has 0 saturated carbocycles. The summed E-state index contributed by atoms with van der Waals surface area (Å²) in [4.78, 5) is 17.1. The SMILES string of the molecule is CCn1c2ccccc2c2ccc(C(=O)NCc3ccc4nc(N)ccc4c3)cc21. The number of benzene rings is 3. The molecule has 5 aromatic rings. The van der Waals surface area contributed by atoms with E-state index in [1.807, 2.05) is 42.5 Å². The second-order valence-electron chi connectivity index (χ2n) is 7.44. The molecule has 148 valence electrons. The van der Waals surface area contributed by atoms with Crippen LogP contribution in [0.25, 0.3) is 32.7 Å². The van der Waals surface area contributed by atoms with E-state index in [1.165, 1.54) is 16.3 Å². The fraction of sp³-hybridized carbons (Fsp3) is 0.120. The molecule has 0 saturated heterocycles. The number of aromatic nitrogens is 2. The van der Waals surface area contributed by atoms with Crippen LogP contribution in [-0.4, -0.2) is 15.5 Å². The van der Waals surface area contributed by atoms with Crippen molar-refractivity contribution in [3.05, 3.63) is 83.9 Å². The minimum absolute atomic E-state index is 0.0830. The molecule has 5 heteroatoms. The highest BCUT2D eigenvalue weighted by atomic mass is 16.1. The summed E-state index contributed by atoms with van der Waals surface area (Å²) in [6, 6.07) is 23.9. The van der Waals surface area contributed by atoms with Crippen molar-refractivity contribution in [2.24, 2.45) is 0 Å². The van der Waals surface area contributed by atoms with E-state index in [4.69, 9.17) is 5.73 Å². The third kappa shape index (κ3) is 3.05. The molecule has 0 fully saturated rings. The molecule has 2 heterocycles. The number of hydrogen-bond donors (Lipinski definition) is 2. The number of pyridine rings is 1. The molecule has 0 bridgehead atoms. The van der Waals surface area contributed by atoms with Gasteiger partial charge >= 0.3 is 0 Å². The largest absolute Gasteiger partial charge is 0.384 e. The van der Waals surface area contributed by atoms with Gasteiger partial charge in [-0.1, -0.05) is 30.3 Å². The van der Waals surface area contributed by atoms with Crippen LogP contribution in [0.2, 0.25) is 0 Å². The molecule has 0 aliphatic rings. The van der Waals surface area contributed by atoms with E-state index in [0.29, 0.717) is 17.9 Å². The molecule has 5 nitrogen and oxygen atoms in total. The Morgan fingerprint density at radius 3 is 2.67 bits per heavy atom. The predicted molar refractivity (Wildman–Crippen MR) is 122 cm³/mol. The summed E-state index contributed by atoms with van der Waals surface area (Å²) >= 11 is 0. The predicted octanol–water partition coefficient (Wildman–Crippen LogP) is 4.87. The summed E-state index contributed by atoms with van der Waals surface area (Å²) < 4.78 is 2.25. The van der Waals surface area contributed by atoms with E-state index in [0.717, 1.165) is 28.5 Å². The Morgan fingerprint density at radius 1 is 0.967 bits per heavy atom. The molecule has 0 aliphatic carbocycles. The van der Waals surface area contributed by atoms with E-state index in [1.54, 1.807) is 6.07 Å². The fourth-order valence-electron chi connectivity index (χ4n) is 4.12. The van der Waals surface area contributed by atoms with Crippen LogP contribution < -0.4 is 11.1 Å². The number of anilines is 1. The molecule has 0 aliphatic heterocycles. The van der Waals surface area contributed by atoms with Crippen molar-refractivity contribution in [3.8, 4) is 0 Å². The summed E-state index contributed by atoms with van der Waals surface area (Å²) in [5.74, 6) is 0.420. The van der Waals surface area contributed by atoms with E-state index < -0.39 is 0 Å². The first kappa shape index (κ1) is 18.2. The summed E-state index contributed by atoms with van der Waals surface area (Å²) in [5.41, 5.74) is 10.5. The first-order chi connectivity index (χ1) is 14.6. The molecule has 3 N–H and O–H groups in total. The van der Waals surface area contributed by atoms with Crippen LogP contribution >= 0.6 is 0 Å². The van der Waals surface area contributed by atoms with Gasteiger partial charge in [0.25, 0.3) is 5.91 Å². The first-order valence-electron chi connectivity index (χ1n) is 10.1. The monoisotopic (exact) mass is 394 g/mol. The van der Waals surface area contributed by atoms with Gasteiger partial charge in [0.05, 0.1) is 5.52 Å². The van der Waals surface area contributed by atoms with Gasteiger partial charge in [0, 0.05) is 45.8 Å². The van der Waals surface area contributed by atoms with Gasteiger partial charge in [0.2, 0.25) is 0 Å². The Hall–Kier alpha value is -3.86. The van der Waals surface area contributed by atoms with Gasteiger partial charge in [0.1, 0.15) is 5.82 Å². The molecule has 0 atom stereocenters. The van der Waals surface area contributed by atoms with Crippen molar-refractivity contribution in [1.29, 1.82) is 0 Å². The number of hydrogen-bond acceptors (Lipinski definition) is 3. The van der Waals surface area contributed by atoms with Gasteiger partial charge in [-0.25, -0.2) is 4.98 Å². The van der Waals surface area contributed by atoms with Gasteiger partial charge in [-0.3, -0.25) is 4.79 Å². The number of para-hydroxylation sites is 1. The maximum Gasteiger partial charge on any atom is 0.251 e. The molecule has 1 amide bonds. The van der Waals surface area contributed by atoms with Crippen molar-refractivity contribution in [2.75, 3.05) is 5.73 Å². The van der Waals surface area contributed by atoms with Gasteiger partial charge < -0.3 is 15.6 Å². The van der Waals surface area contributed by atoms with E-state index >= 15 is 0 Å². The van der Waals surface area contributed by atoms with Gasteiger partial charge in [-0.2, -0.15) is 0 Å². The lowest BCUT2D eigenvalue weighted by atomic mass is 10.1. The topological polar surface area (TPSA) is 72.9 Å². The van der Waals surface area contributed by atoms with Crippen LogP contribution in [0.3, 0.4) is 0 Å². The van der Waals surface area contributed by atoms with Crippen LogP contribution in [0.1, 0.15) is 22.8 Å². The Morgan fingerprint density at radius 2 is 1.80 bits per heavy atom. The lowest BCUT2D eigenvalue weighted by molar-refractivity contribution is 0.0951. The number of nitrogens with zero attached hydrogens (tertiary/aromatic N) is 2. The Balaban J connectivity index is 1.42. The number of amides is 1. The van der Waals surface area contributed by atoms with Crippen LogP contribution in [0.15, 0.2) is 72.8 Å². The zero-order chi connectivity index (χ0) is 20.7. The van der Waals surface area contributed by atoms with Gasteiger partial charge in [-0.15, -0.1) is 0 Å². The highest BCUT2D eigenvalue weighted by molar-refractivity contribution is 6.10. The number of nitrogens with two attached hydrogens (primary N) is 1. The zero-order valence-electron chi connectivity index (χ0n) is 16.7. The molecular formula is C25H22N4O. The minimum Gasteiger partial charge on any atom is -0.384 e. The third-order valence-electron chi connectivity index (χ3n) is 5.58. The van der Waals surface area contributed by atoms with Gasteiger partial charge in [-0.05, 0) is 55.0 Å². The number of nitrogens with one attached hydrogen (secondary N) is 1. The molecular weight excluding hydrogens is 372 g/mol. The summed E-state index contributed by atoms with van der Waals surface area (Å²) in [6.45, 7) is 3.43. The van der Waals surface area contributed by atoms with Crippen molar-refractivity contribution in [2.45, 2.75) is 20.0 Å². The second-order valence-corrected chi connectivity index (χ2v) is 7.44. The lowest BCUT2D eigenvalue weighted by Gasteiger charge is -2.08. The molecule has 30 heavy (non-hydrogen) atoms. The Bertz CT molecular complexity index is 1420. The molecule has 0 radical (unpaired) electrons. The average molecular weight is 394 g/mol. The summed E-state index contributed by atoms with van der Waals surface area (Å²) in [5, 5.41) is 6.42. The highest BCUT2D eigenvalue weighted by Gasteiger charge is 2.13. The first-order valence-corrected chi connectivity index (χ1v) is 10.1. The number of nitrogen functional groups attached to an aromatic ring is 1. The number of carbonyl (C=O) groups is 1. The van der Waals surface area contributed by atoms with Crippen LogP contribution in [0.4, 0.5) is 5.82 Å². The van der Waals surface area contributed by atoms with Gasteiger partial charge in [0.15, 0.2) is 0 Å². The van der Waals surface area contributed by atoms with E-state index in [-0.39, 0.29) is 5.91 Å². The summed E-state index contributed by atoms with van der Waals surface area (Å²) in [7, 11) is 0. The fourth-order valence-corrected chi connectivity index (χ4v) is 4.12.